The van der Waals surface area contributed by atoms with Crippen molar-refractivity contribution in [2.24, 2.45) is 0 Å². The summed E-state index contributed by atoms with van der Waals surface area (Å²) in [5.74, 6) is 1.22. The van der Waals surface area contributed by atoms with Crippen LogP contribution in [0.3, 0.4) is 0 Å². The zero-order valence-electron chi connectivity index (χ0n) is 15.6. The highest BCUT2D eigenvalue weighted by Crippen LogP contribution is 2.26. The van der Waals surface area contributed by atoms with Gasteiger partial charge in [0.1, 0.15) is 5.75 Å². The molecule has 5 heteroatoms. The molecular formula is C19H31N3O2. The van der Waals surface area contributed by atoms with Gasteiger partial charge in [0.25, 0.3) is 0 Å². The van der Waals surface area contributed by atoms with Gasteiger partial charge in [0.05, 0.1) is 0 Å². The molecule has 0 bridgehead atoms. The number of hydrogen-bond donors (Lipinski definition) is 1. The SMILES string of the molecule is CC(NC(=O)N(C)C1CCN(C)CC1)Oc1ccccc1C(C)C. The van der Waals surface area contributed by atoms with Gasteiger partial charge in [-0.1, -0.05) is 32.0 Å². The van der Waals surface area contributed by atoms with Gasteiger partial charge in [-0.2, -0.15) is 0 Å². The number of nitrogens with zero attached hydrogens (tertiary/aromatic N) is 2. The van der Waals surface area contributed by atoms with Crippen LogP contribution in [0.25, 0.3) is 0 Å². The van der Waals surface area contributed by atoms with Gasteiger partial charge in [-0.25, -0.2) is 4.79 Å². The molecule has 24 heavy (non-hydrogen) atoms. The predicted octanol–water partition coefficient (Wildman–Crippen LogP) is 3.27. The predicted molar refractivity (Wildman–Crippen MR) is 97.4 cm³/mol. The Morgan fingerprint density at radius 2 is 1.88 bits per heavy atom. The van der Waals surface area contributed by atoms with Crippen molar-refractivity contribution in [3.63, 3.8) is 0 Å². The van der Waals surface area contributed by atoms with E-state index in [1.54, 1.807) is 0 Å². The summed E-state index contributed by atoms with van der Waals surface area (Å²) in [6.45, 7) is 8.22. The van der Waals surface area contributed by atoms with E-state index in [-0.39, 0.29) is 12.3 Å². The molecule has 0 aromatic heterocycles. The van der Waals surface area contributed by atoms with Gasteiger partial charge in [0, 0.05) is 13.1 Å². The van der Waals surface area contributed by atoms with E-state index < -0.39 is 0 Å². The van der Waals surface area contributed by atoms with Crippen LogP contribution in [0.5, 0.6) is 5.75 Å². The van der Waals surface area contributed by atoms with Crippen LogP contribution in [0.1, 0.15) is 45.1 Å². The first kappa shape index (κ1) is 18.6. The number of carbonyl (C=O) groups excluding carboxylic acids is 1. The third-order valence-corrected chi connectivity index (χ3v) is 4.73. The molecule has 1 fully saturated rings. The normalized spacial score (nSPS) is 17.6. The highest BCUT2D eigenvalue weighted by atomic mass is 16.5. The fraction of sp³-hybridized carbons (Fsp3) is 0.632. The zero-order chi connectivity index (χ0) is 17.7. The van der Waals surface area contributed by atoms with Crippen LogP contribution in [0.4, 0.5) is 4.79 Å². The Morgan fingerprint density at radius 3 is 2.50 bits per heavy atom. The maximum Gasteiger partial charge on any atom is 0.320 e. The number of urea groups is 1. The quantitative estimate of drug-likeness (QED) is 0.841. The Balaban J connectivity index is 1.90. The number of piperidine rings is 1. The van der Waals surface area contributed by atoms with Crippen LogP contribution in [0.2, 0.25) is 0 Å². The summed E-state index contributed by atoms with van der Waals surface area (Å²) in [5.41, 5.74) is 1.15. The molecule has 1 aromatic rings. The summed E-state index contributed by atoms with van der Waals surface area (Å²) >= 11 is 0. The second kappa shape index (κ2) is 8.38. The molecular weight excluding hydrogens is 302 g/mol. The average Bonchev–Trinajstić information content (AvgIpc) is 2.55. The van der Waals surface area contributed by atoms with Crippen LogP contribution in [-0.4, -0.2) is 55.3 Å². The van der Waals surface area contributed by atoms with E-state index >= 15 is 0 Å². The van der Waals surface area contributed by atoms with E-state index in [2.05, 4.69) is 37.2 Å². The molecule has 2 rings (SSSR count). The molecule has 1 aliphatic rings. The number of likely N-dealkylation sites (tertiary alicyclic amines) is 1. The number of para-hydroxylation sites is 1. The molecule has 0 spiro atoms. The van der Waals surface area contributed by atoms with Crippen LogP contribution in [0, 0.1) is 0 Å². The first-order valence-electron chi connectivity index (χ1n) is 8.86. The molecule has 1 heterocycles. The summed E-state index contributed by atoms with van der Waals surface area (Å²) in [6.07, 6.45) is 1.67. The fourth-order valence-electron chi connectivity index (χ4n) is 3.11. The Bertz CT molecular complexity index is 539. The van der Waals surface area contributed by atoms with Crippen LogP contribution < -0.4 is 10.1 Å². The highest BCUT2D eigenvalue weighted by Gasteiger charge is 2.25. The second-order valence-corrected chi connectivity index (χ2v) is 7.05. The van der Waals surface area contributed by atoms with Crippen molar-refractivity contribution in [1.82, 2.24) is 15.1 Å². The second-order valence-electron chi connectivity index (χ2n) is 7.05. The van der Waals surface area contributed by atoms with E-state index in [9.17, 15) is 4.79 Å². The largest absolute Gasteiger partial charge is 0.471 e. The first-order valence-corrected chi connectivity index (χ1v) is 8.86. The van der Waals surface area contributed by atoms with Crippen molar-refractivity contribution >= 4 is 6.03 Å². The average molecular weight is 333 g/mol. The van der Waals surface area contributed by atoms with Crippen molar-refractivity contribution < 1.29 is 9.53 Å². The molecule has 1 N–H and O–H groups in total. The molecule has 1 unspecified atom stereocenters. The standard InChI is InChI=1S/C19H31N3O2/c1-14(2)17-8-6-7-9-18(17)24-15(3)20-19(23)22(5)16-10-12-21(4)13-11-16/h6-9,14-16H,10-13H2,1-5H3,(H,20,23). The smallest absolute Gasteiger partial charge is 0.320 e. The Hall–Kier alpha value is -1.75. The highest BCUT2D eigenvalue weighted by molar-refractivity contribution is 5.74. The molecule has 5 nitrogen and oxygen atoms in total. The van der Waals surface area contributed by atoms with Gasteiger partial charge in [-0.3, -0.25) is 0 Å². The molecule has 1 saturated heterocycles. The molecule has 1 aliphatic heterocycles. The summed E-state index contributed by atoms with van der Waals surface area (Å²) in [4.78, 5) is 16.6. The van der Waals surface area contributed by atoms with Gasteiger partial charge in [-0.05, 0) is 57.5 Å². The first-order chi connectivity index (χ1) is 11.4. The van der Waals surface area contributed by atoms with E-state index in [0.29, 0.717) is 12.0 Å². The summed E-state index contributed by atoms with van der Waals surface area (Å²) < 4.78 is 5.97. The molecule has 134 valence electrons. The third-order valence-electron chi connectivity index (χ3n) is 4.73. The van der Waals surface area contributed by atoms with Gasteiger partial charge in [-0.15, -0.1) is 0 Å². The number of ether oxygens (including phenoxy) is 1. The summed E-state index contributed by atoms with van der Waals surface area (Å²) in [7, 11) is 4.00. The van der Waals surface area contributed by atoms with Gasteiger partial charge < -0.3 is 19.9 Å². The van der Waals surface area contributed by atoms with Crippen molar-refractivity contribution in [2.75, 3.05) is 27.2 Å². The lowest BCUT2D eigenvalue weighted by atomic mass is 10.0. The molecule has 2 amide bonds. The van der Waals surface area contributed by atoms with Crippen LogP contribution in [-0.2, 0) is 0 Å². The van der Waals surface area contributed by atoms with Crippen molar-refractivity contribution in [2.45, 2.75) is 51.8 Å². The maximum atomic E-state index is 12.5. The number of rotatable bonds is 5. The van der Waals surface area contributed by atoms with E-state index in [4.69, 9.17) is 4.74 Å². The zero-order valence-corrected chi connectivity index (χ0v) is 15.6. The Morgan fingerprint density at radius 1 is 1.25 bits per heavy atom. The van der Waals surface area contributed by atoms with E-state index in [1.807, 2.05) is 37.1 Å². The lowest BCUT2D eigenvalue weighted by molar-refractivity contribution is 0.126. The monoisotopic (exact) mass is 333 g/mol. The molecule has 0 radical (unpaired) electrons. The molecule has 0 saturated carbocycles. The summed E-state index contributed by atoms with van der Waals surface area (Å²) in [5, 5.41) is 2.95. The minimum atomic E-state index is -0.369. The Labute approximate surface area is 146 Å². The number of hydrogen-bond acceptors (Lipinski definition) is 3. The van der Waals surface area contributed by atoms with Crippen LogP contribution >= 0.6 is 0 Å². The number of carbonyl (C=O) groups is 1. The minimum Gasteiger partial charge on any atom is -0.471 e. The fourth-order valence-corrected chi connectivity index (χ4v) is 3.11. The third kappa shape index (κ3) is 4.87. The lowest BCUT2D eigenvalue weighted by Gasteiger charge is -2.35. The molecule has 1 aromatic carbocycles. The number of nitrogens with one attached hydrogen (secondary N) is 1. The van der Waals surface area contributed by atoms with Crippen molar-refractivity contribution in [3.05, 3.63) is 29.8 Å². The van der Waals surface area contributed by atoms with Crippen molar-refractivity contribution in [1.29, 1.82) is 0 Å². The van der Waals surface area contributed by atoms with E-state index in [1.165, 1.54) is 0 Å². The number of amides is 2. The van der Waals surface area contributed by atoms with Crippen molar-refractivity contribution in [3.8, 4) is 5.75 Å². The summed E-state index contributed by atoms with van der Waals surface area (Å²) in [6, 6.07) is 8.23. The molecule has 1 atom stereocenters. The Kier molecular flexibility index (Phi) is 6.49. The van der Waals surface area contributed by atoms with Gasteiger partial charge >= 0.3 is 6.03 Å². The van der Waals surface area contributed by atoms with Crippen LogP contribution in [0.15, 0.2) is 24.3 Å². The molecule has 0 aliphatic carbocycles. The van der Waals surface area contributed by atoms with Gasteiger partial charge in [0.2, 0.25) is 0 Å². The number of benzene rings is 1. The topological polar surface area (TPSA) is 44.8 Å². The van der Waals surface area contributed by atoms with E-state index in [0.717, 1.165) is 37.2 Å². The maximum absolute atomic E-state index is 12.5. The minimum absolute atomic E-state index is 0.0703. The lowest BCUT2D eigenvalue weighted by Crippen LogP contribution is -2.50. The van der Waals surface area contributed by atoms with Gasteiger partial charge in [0.15, 0.2) is 6.23 Å².